The van der Waals surface area contributed by atoms with Crippen molar-refractivity contribution in [3.05, 3.63) is 107 Å². The number of hydrogen-bond acceptors (Lipinski definition) is 2. The quantitative estimate of drug-likeness (QED) is 0.231. The third kappa shape index (κ3) is 5.49. The van der Waals surface area contributed by atoms with Crippen molar-refractivity contribution < 1.29 is 30.9 Å². The van der Waals surface area contributed by atoms with Crippen LogP contribution in [0.15, 0.2) is 78.9 Å². The lowest BCUT2D eigenvalue weighted by atomic mass is 9.91. The van der Waals surface area contributed by atoms with Crippen LogP contribution in [0.1, 0.15) is 52.9 Å². The standard InChI is InChI=1S/C26H25F6N2OPS/c1-17(18-9-5-4-6-10-18)35-36(37)33(2)23(19-11-7-13-21(15-19)25(27,28)29)24(34(36)3)20-12-8-14-22(16-20)26(30,31)32/h4-17,23-24H,1-3H3/t17?,23-,24-/m0/s1. The Bertz CT molecular complexity index is 1230. The highest BCUT2D eigenvalue weighted by atomic mass is 32.5. The van der Waals surface area contributed by atoms with E-state index in [-0.39, 0.29) is 11.1 Å². The minimum Gasteiger partial charge on any atom is -0.319 e. The Balaban J connectivity index is 1.84. The lowest BCUT2D eigenvalue weighted by Gasteiger charge is -2.33. The minimum absolute atomic E-state index is 0.286. The van der Waals surface area contributed by atoms with E-state index in [4.69, 9.17) is 16.3 Å². The van der Waals surface area contributed by atoms with Crippen LogP contribution in [0.2, 0.25) is 0 Å². The lowest BCUT2D eigenvalue weighted by Crippen LogP contribution is -2.22. The molecule has 11 heteroatoms. The SMILES string of the molecule is CC(OP1(=S)N(C)[C@@H](c2cccc(C(F)(F)F)c2)[C@H](c2cccc(C(F)(F)F)c2)N1C)c1ccccc1. The summed E-state index contributed by atoms with van der Waals surface area (Å²) in [5.41, 5.74) is -0.263. The maximum absolute atomic E-state index is 13.6. The number of halogens is 6. The van der Waals surface area contributed by atoms with Crippen LogP contribution in [0.3, 0.4) is 0 Å². The van der Waals surface area contributed by atoms with E-state index in [9.17, 15) is 26.3 Å². The van der Waals surface area contributed by atoms with Crippen LogP contribution in [-0.4, -0.2) is 23.4 Å². The van der Waals surface area contributed by atoms with Crippen LogP contribution in [0.4, 0.5) is 26.3 Å². The predicted molar refractivity (Wildman–Crippen MR) is 134 cm³/mol. The molecule has 3 aromatic carbocycles. The van der Waals surface area contributed by atoms with Gasteiger partial charge in [-0.2, -0.15) is 26.3 Å². The molecule has 0 amide bonds. The fraction of sp³-hybridized carbons (Fsp3) is 0.308. The van der Waals surface area contributed by atoms with E-state index in [0.29, 0.717) is 0 Å². The molecular formula is C26H25F6N2OPS. The van der Waals surface area contributed by atoms with Crippen LogP contribution in [0, 0.1) is 0 Å². The van der Waals surface area contributed by atoms with Gasteiger partial charge in [0.05, 0.1) is 29.3 Å². The molecule has 4 rings (SSSR count). The van der Waals surface area contributed by atoms with Gasteiger partial charge >= 0.3 is 12.4 Å². The summed E-state index contributed by atoms with van der Waals surface area (Å²) < 4.78 is 91.2. The van der Waals surface area contributed by atoms with Crippen LogP contribution >= 0.6 is 6.57 Å². The number of nitrogens with zero attached hydrogens (tertiary/aromatic N) is 2. The van der Waals surface area contributed by atoms with E-state index in [1.165, 1.54) is 24.3 Å². The topological polar surface area (TPSA) is 15.7 Å². The van der Waals surface area contributed by atoms with Crippen molar-refractivity contribution in [2.24, 2.45) is 0 Å². The summed E-state index contributed by atoms with van der Waals surface area (Å²) in [6, 6.07) is 17.4. The molecule has 1 saturated heterocycles. The monoisotopic (exact) mass is 558 g/mol. The lowest BCUT2D eigenvalue weighted by molar-refractivity contribution is -0.138. The van der Waals surface area contributed by atoms with E-state index >= 15 is 0 Å². The van der Waals surface area contributed by atoms with E-state index < -0.39 is 48.2 Å². The fourth-order valence-electron chi connectivity index (χ4n) is 4.68. The Morgan fingerprint density at radius 2 is 1.16 bits per heavy atom. The zero-order valence-corrected chi connectivity index (χ0v) is 21.9. The second-order valence-electron chi connectivity index (χ2n) is 8.93. The van der Waals surface area contributed by atoms with Crippen molar-refractivity contribution in [2.75, 3.05) is 14.1 Å². The van der Waals surface area contributed by atoms with Crippen molar-refractivity contribution in [3.8, 4) is 0 Å². The zero-order chi connectivity index (χ0) is 27.2. The van der Waals surface area contributed by atoms with E-state index in [2.05, 4.69) is 0 Å². The average Bonchev–Trinajstić information content (AvgIpc) is 3.04. The summed E-state index contributed by atoms with van der Waals surface area (Å²) in [7, 11) is 3.32. The molecule has 1 heterocycles. The van der Waals surface area contributed by atoms with Crippen LogP contribution in [0.5, 0.6) is 0 Å². The van der Waals surface area contributed by atoms with E-state index in [0.717, 1.165) is 29.8 Å². The summed E-state index contributed by atoms with van der Waals surface area (Å²) in [5.74, 6) is 0. The number of benzene rings is 3. The molecule has 0 aliphatic carbocycles. The van der Waals surface area contributed by atoms with E-state index in [1.807, 2.05) is 37.3 Å². The third-order valence-electron chi connectivity index (χ3n) is 6.58. The molecule has 37 heavy (non-hydrogen) atoms. The van der Waals surface area contributed by atoms with Gasteiger partial charge in [0.25, 0.3) is 0 Å². The van der Waals surface area contributed by atoms with Gasteiger partial charge in [0.1, 0.15) is 0 Å². The molecule has 3 aromatic rings. The van der Waals surface area contributed by atoms with Gasteiger partial charge in [-0.15, -0.1) is 0 Å². The summed E-state index contributed by atoms with van der Waals surface area (Å²) >= 11 is 6.05. The van der Waals surface area contributed by atoms with Gasteiger partial charge in [0.2, 0.25) is 6.57 Å². The second kappa shape index (κ2) is 10.2. The highest BCUT2D eigenvalue weighted by Crippen LogP contribution is 2.70. The smallest absolute Gasteiger partial charge is 0.319 e. The van der Waals surface area contributed by atoms with Crippen molar-refractivity contribution in [1.29, 1.82) is 0 Å². The van der Waals surface area contributed by atoms with E-state index in [1.54, 1.807) is 23.4 Å². The molecule has 1 aliphatic heterocycles. The van der Waals surface area contributed by atoms with Crippen molar-refractivity contribution in [2.45, 2.75) is 37.5 Å². The molecular weight excluding hydrogens is 533 g/mol. The van der Waals surface area contributed by atoms with Gasteiger partial charge in [-0.25, -0.2) is 9.34 Å². The molecule has 1 fully saturated rings. The van der Waals surface area contributed by atoms with Crippen LogP contribution in [-0.2, 0) is 28.7 Å². The summed E-state index contributed by atoms with van der Waals surface area (Å²) in [6.07, 6.45) is -9.62. The first-order valence-electron chi connectivity index (χ1n) is 11.4. The van der Waals surface area contributed by atoms with Crippen molar-refractivity contribution in [3.63, 3.8) is 0 Å². The first-order chi connectivity index (χ1) is 17.2. The molecule has 198 valence electrons. The summed E-state index contributed by atoms with van der Waals surface area (Å²) in [5, 5.41) is 0. The van der Waals surface area contributed by atoms with Gasteiger partial charge in [-0.05, 0) is 73.8 Å². The number of likely N-dealkylation sites (N-methyl/N-ethyl adjacent to an activating group) is 2. The maximum Gasteiger partial charge on any atom is 0.416 e. The third-order valence-corrected chi connectivity index (χ3v) is 11.1. The Kier molecular flexibility index (Phi) is 7.63. The molecule has 0 spiro atoms. The van der Waals surface area contributed by atoms with Gasteiger partial charge in [-0.1, -0.05) is 54.6 Å². The van der Waals surface area contributed by atoms with Gasteiger partial charge in [-0.3, -0.25) is 0 Å². The normalized spacial score (nSPS) is 21.8. The predicted octanol–water partition coefficient (Wildman–Crippen LogP) is 8.39. The zero-order valence-electron chi connectivity index (χ0n) is 20.2. The second-order valence-corrected chi connectivity index (χ2v) is 12.8. The van der Waals surface area contributed by atoms with Crippen LogP contribution < -0.4 is 0 Å². The van der Waals surface area contributed by atoms with Gasteiger partial charge in [0, 0.05) is 0 Å². The fourth-order valence-corrected chi connectivity index (χ4v) is 8.10. The first-order valence-corrected chi connectivity index (χ1v) is 14.0. The number of alkyl halides is 6. The van der Waals surface area contributed by atoms with Gasteiger partial charge < -0.3 is 4.52 Å². The number of hydrogen-bond donors (Lipinski definition) is 0. The Morgan fingerprint density at radius 3 is 1.57 bits per heavy atom. The van der Waals surface area contributed by atoms with Crippen molar-refractivity contribution >= 4 is 18.4 Å². The Labute approximate surface area is 216 Å². The molecule has 3 nitrogen and oxygen atoms in total. The number of rotatable bonds is 5. The molecule has 0 N–H and O–H groups in total. The Morgan fingerprint density at radius 1 is 0.730 bits per heavy atom. The first kappa shape index (κ1) is 27.8. The molecule has 1 aliphatic rings. The van der Waals surface area contributed by atoms with Crippen LogP contribution in [0.25, 0.3) is 0 Å². The van der Waals surface area contributed by atoms with Gasteiger partial charge in [0.15, 0.2) is 0 Å². The molecule has 0 saturated carbocycles. The molecule has 3 atom stereocenters. The molecule has 0 bridgehead atoms. The molecule has 0 aromatic heterocycles. The minimum atomic E-state index is -4.58. The average molecular weight is 559 g/mol. The molecule has 0 radical (unpaired) electrons. The molecule has 1 unspecified atom stereocenters. The summed E-state index contributed by atoms with van der Waals surface area (Å²) in [6.45, 7) is -1.27. The highest BCUT2D eigenvalue weighted by molar-refractivity contribution is 8.10. The Hall–Kier alpha value is -2.23. The summed E-state index contributed by atoms with van der Waals surface area (Å²) in [4.78, 5) is 0. The largest absolute Gasteiger partial charge is 0.416 e. The highest BCUT2D eigenvalue weighted by Gasteiger charge is 2.51. The van der Waals surface area contributed by atoms with Crippen molar-refractivity contribution in [1.82, 2.24) is 9.34 Å². The maximum atomic E-state index is 13.6.